The molecule has 0 atom stereocenters. The molecule has 7 aromatic rings. The molecule has 2 heteroatoms. The van der Waals surface area contributed by atoms with Crippen LogP contribution in [0.5, 0.6) is 11.5 Å². The van der Waals surface area contributed by atoms with E-state index < -0.39 is 10.8 Å². The van der Waals surface area contributed by atoms with Gasteiger partial charge in [-0.3, -0.25) is 0 Å². The fourth-order valence-corrected chi connectivity index (χ4v) is 9.71. The van der Waals surface area contributed by atoms with Crippen molar-refractivity contribution in [2.75, 3.05) is 0 Å². The van der Waals surface area contributed by atoms with Gasteiger partial charge in [-0.15, -0.1) is 0 Å². The van der Waals surface area contributed by atoms with Crippen LogP contribution in [0.3, 0.4) is 0 Å². The molecule has 0 heterocycles. The number of hydrogen-bond donors (Lipinski definition) is 2. The SMILES string of the molecule is CC(C)(C)c1cc(C(c2ccccc2)(c2ccccc2)c2ccc(C(c3ccccc3)(c3ccccc3)c3cc(C(C)(C)C)c(O)c(C(C)(C)C)c3)cc2)cc(C(C)(C)C)c1O. The second kappa shape index (κ2) is 16.1. The standard InChI is InChI=1S/C60H66O2/c1-55(2,3)49-37-47(38-50(53(49)61)56(4,5)6)59(41-25-17-13-18-26-41,42-27-19-14-20-28-42)45-33-35-46(36-34-45)60(43-29-21-15-22-30-43,44-31-23-16-24-32-44)48-39-51(57(7,8)9)54(62)52(40-48)58(10,11)12/h13-40,61-62H,1-12H3. The smallest absolute Gasteiger partial charge is 0.123 e. The summed E-state index contributed by atoms with van der Waals surface area (Å²) >= 11 is 0. The van der Waals surface area contributed by atoms with Crippen molar-refractivity contribution in [2.45, 2.75) is 116 Å². The molecule has 0 radical (unpaired) electrons. The van der Waals surface area contributed by atoms with Gasteiger partial charge in [0.05, 0.1) is 10.8 Å². The van der Waals surface area contributed by atoms with Gasteiger partial charge >= 0.3 is 0 Å². The topological polar surface area (TPSA) is 40.5 Å². The zero-order chi connectivity index (χ0) is 44.9. The third kappa shape index (κ3) is 7.78. The van der Waals surface area contributed by atoms with Gasteiger partial charge in [0.25, 0.3) is 0 Å². The maximum atomic E-state index is 12.1. The highest BCUT2D eigenvalue weighted by Crippen LogP contribution is 2.53. The van der Waals surface area contributed by atoms with E-state index in [-0.39, 0.29) is 21.7 Å². The molecule has 7 rings (SSSR count). The lowest BCUT2D eigenvalue weighted by Gasteiger charge is -2.41. The molecule has 0 spiro atoms. The highest BCUT2D eigenvalue weighted by atomic mass is 16.3. The number of benzene rings is 7. The molecule has 0 unspecified atom stereocenters. The first-order valence-corrected chi connectivity index (χ1v) is 22.2. The van der Waals surface area contributed by atoms with Crippen molar-refractivity contribution in [3.8, 4) is 11.5 Å². The van der Waals surface area contributed by atoms with E-state index in [1.54, 1.807) is 0 Å². The first-order chi connectivity index (χ1) is 29.1. The quantitative estimate of drug-likeness (QED) is 0.150. The van der Waals surface area contributed by atoms with Crippen LogP contribution in [-0.2, 0) is 32.5 Å². The molecular formula is C60H66O2. The van der Waals surface area contributed by atoms with E-state index in [9.17, 15) is 10.2 Å². The largest absolute Gasteiger partial charge is 0.507 e. The highest BCUT2D eigenvalue weighted by molar-refractivity contribution is 5.67. The van der Waals surface area contributed by atoms with Crippen molar-refractivity contribution >= 4 is 0 Å². The lowest BCUT2D eigenvalue weighted by molar-refractivity contribution is 0.421. The van der Waals surface area contributed by atoms with Crippen molar-refractivity contribution in [1.29, 1.82) is 0 Å². The minimum Gasteiger partial charge on any atom is -0.507 e. The molecule has 0 saturated heterocycles. The highest BCUT2D eigenvalue weighted by Gasteiger charge is 2.44. The second-order valence-corrected chi connectivity index (χ2v) is 21.4. The molecular weight excluding hydrogens is 753 g/mol. The summed E-state index contributed by atoms with van der Waals surface area (Å²) < 4.78 is 0. The average Bonchev–Trinajstić information content (AvgIpc) is 3.22. The van der Waals surface area contributed by atoms with Crippen LogP contribution >= 0.6 is 0 Å². The number of aromatic hydroxyl groups is 2. The Morgan fingerprint density at radius 1 is 0.242 bits per heavy atom. The predicted molar refractivity (Wildman–Crippen MR) is 261 cm³/mol. The molecule has 0 aromatic heterocycles. The van der Waals surface area contributed by atoms with Gasteiger partial charge < -0.3 is 10.2 Å². The van der Waals surface area contributed by atoms with Gasteiger partial charge in [-0.05, 0) is 113 Å². The van der Waals surface area contributed by atoms with Gasteiger partial charge in [0.2, 0.25) is 0 Å². The van der Waals surface area contributed by atoms with Gasteiger partial charge in [-0.25, -0.2) is 0 Å². The molecule has 0 aliphatic heterocycles. The van der Waals surface area contributed by atoms with Crippen LogP contribution in [0.25, 0.3) is 0 Å². The van der Waals surface area contributed by atoms with Gasteiger partial charge in [-0.1, -0.05) is 229 Å². The first-order valence-electron chi connectivity index (χ1n) is 22.2. The molecule has 62 heavy (non-hydrogen) atoms. The molecule has 0 fully saturated rings. The molecule has 0 amide bonds. The summed E-state index contributed by atoms with van der Waals surface area (Å²) in [5.74, 6) is 0.737. The summed E-state index contributed by atoms with van der Waals surface area (Å²) in [5.41, 5.74) is 9.93. The number of hydrogen-bond acceptors (Lipinski definition) is 2. The van der Waals surface area contributed by atoms with Crippen LogP contribution in [0, 0.1) is 0 Å². The normalized spacial score (nSPS) is 13.0. The molecule has 2 N–H and O–H groups in total. The molecule has 318 valence electrons. The van der Waals surface area contributed by atoms with Crippen molar-refractivity contribution < 1.29 is 10.2 Å². The monoisotopic (exact) mass is 819 g/mol. The average molecular weight is 819 g/mol. The summed E-state index contributed by atoms with van der Waals surface area (Å²) in [4.78, 5) is 0. The molecule has 0 aliphatic carbocycles. The van der Waals surface area contributed by atoms with E-state index in [0.29, 0.717) is 11.5 Å². The third-order valence-electron chi connectivity index (χ3n) is 12.9. The first kappa shape index (κ1) is 44.2. The molecule has 7 aromatic carbocycles. The molecule has 0 saturated carbocycles. The van der Waals surface area contributed by atoms with E-state index >= 15 is 0 Å². The number of rotatable bonds is 8. The lowest BCUT2D eigenvalue weighted by atomic mass is 9.61. The summed E-state index contributed by atoms with van der Waals surface area (Å²) in [7, 11) is 0. The van der Waals surface area contributed by atoms with Crippen LogP contribution in [-0.4, -0.2) is 10.2 Å². The van der Waals surface area contributed by atoms with Crippen molar-refractivity contribution in [3.05, 3.63) is 237 Å². The van der Waals surface area contributed by atoms with Crippen LogP contribution in [0.15, 0.2) is 170 Å². The van der Waals surface area contributed by atoms with Crippen LogP contribution in [0.2, 0.25) is 0 Å². The maximum absolute atomic E-state index is 12.1. The summed E-state index contributed by atoms with van der Waals surface area (Å²) in [6.07, 6.45) is 0. The third-order valence-corrected chi connectivity index (χ3v) is 12.9. The Labute approximate surface area is 372 Å². The Balaban J connectivity index is 1.64. The van der Waals surface area contributed by atoms with Gasteiger partial charge in [0, 0.05) is 0 Å². The molecule has 0 aliphatic rings. The lowest BCUT2D eigenvalue weighted by Crippen LogP contribution is -2.34. The van der Waals surface area contributed by atoms with Crippen molar-refractivity contribution in [3.63, 3.8) is 0 Å². The Hall–Kier alpha value is -5.86. The van der Waals surface area contributed by atoms with E-state index in [1.165, 1.54) is 0 Å². The van der Waals surface area contributed by atoms with E-state index in [1.807, 2.05) is 0 Å². The minimum atomic E-state index is -0.756. The Morgan fingerprint density at radius 3 is 0.597 bits per heavy atom. The summed E-state index contributed by atoms with van der Waals surface area (Å²) in [5, 5.41) is 24.1. The zero-order valence-electron chi connectivity index (χ0n) is 39.1. The molecule has 0 bridgehead atoms. The van der Waals surface area contributed by atoms with Crippen molar-refractivity contribution in [1.82, 2.24) is 0 Å². The summed E-state index contributed by atoms with van der Waals surface area (Å²) in [6.45, 7) is 26.2. The van der Waals surface area contributed by atoms with Crippen molar-refractivity contribution in [2.24, 2.45) is 0 Å². The predicted octanol–water partition coefficient (Wildman–Crippen LogP) is 15.1. The molecule has 2 nitrogen and oxygen atoms in total. The summed E-state index contributed by atoms with van der Waals surface area (Å²) in [6, 6.07) is 61.8. The van der Waals surface area contributed by atoms with Crippen LogP contribution in [0.4, 0.5) is 0 Å². The van der Waals surface area contributed by atoms with E-state index in [2.05, 4.69) is 253 Å². The number of phenols is 2. The Kier molecular flexibility index (Phi) is 11.5. The Morgan fingerprint density at radius 2 is 0.419 bits per heavy atom. The van der Waals surface area contributed by atoms with Gasteiger partial charge in [0.1, 0.15) is 11.5 Å². The number of phenolic OH excluding ortho intramolecular Hbond substituents is 2. The van der Waals surface area contributed by atoms with Gasteiger partial charge in [-0.2, -0.15) is 0 Å². The van der Waals surface area contributed by atoms with Crippen LogP contribution in [0.1, 0.15) is 150 Å². The van der Waals surface area contributed by atoms with Crippen LogP contribution < -0.4 is 0 Å². The maximum Gasteiger partial charge on any atom is 0.123 e. The minimum absolute atomic E-state index is 0.323. The van der Waals surface area contributed by atoms with E-state index in [4.69, 9.17) is 0 Å². The fraction of sp³-hybridized carbons (Fsp3) is 0.300. The second-order valence-electron chi connectivity index (χ2n) is 21.4. The van der Waals surface area contributed by atoms with E-state index in [0.717, 1.165) is 66.8 Å². The fourth-order valence-electron chi connectivity index (χ4n) is 9.71. The Bertz CT molecular complexity index is 2290. The zero-order valence-corrected chi connectivity index (χ0v) is 39.1. The van der Waals surface area contributed by atoms with Gasteiger partial charge in [0.15, 0.2) is 0 Å².